The second kappa shape index (κ2) is 8.86. The zero-order chi connectivity index (χ0) is 21.1. The molecule has 29 heavy (non-hydrogen) atoms. The molecule has 5 nitrogen and oxygen atoms in total. The van der Waals surface area contributed by atoms with Crippen LogP contribution in [0.3, 0.4) is 0 Å². The first-order valence-corrected chi connectivity index (χ1v) is 11.7. The number of sulfonamides is 1. The molecular formula is C23H32N2O3S. The summed E-state index contributed by atoms with van der Waals surface area (Å²) in [5.74, 6) is 0.700. The molecule has 1 saturated heterocycles. The lowest BCUT2D eigenvalue weighted by molar-refractivity contribution is 0.331. The molecular weight excluding hydrogens is 384 g/mol. The minimum atomic E-state index is -3.62. The first-order valence-electron chi connectivity index (χ1n) is 10.2. The average Bonchev–Trinajstić information content (AvgIpc) is 3.18. The van der Waals surface area contributed by atoms with Gasteiger partial charge < -0.3 is 4.74 Å². The minimum Gasteiger partial charge on any atom is -0.496 e. The van der Waals surface area contributed by atoms with Crippen LogP contribution in [0.25, 0.3) is 0 Å². The lowest BCUT2D eigenvalue weighted by Gasteiger charge is -2.23. The molecule has 0 saturated carbocycles. The van der Waals surface area contributed by atoms with E-state index in [4.69, 9.17) is 4.74 Å². The first kappa shape index (κ1) is 21.8. The van der Waals surface area contributed by atoms with Gasteiger partial charge >= 0.3 is 0 Å². The summed E-state index contributed by atoms with van der Waals surface area (Å²) in [4.78, 5) is 2.70. The molecule has 3 rings (SSSR count). The number of ether oxygens (including phenoxy) is 1. The van der Waals surface area contributed by atoms with E-state index < -0.39 is 10.0 Å². The third-order valence-electron chi connectivity index (χ3n) is 5.35. The van der Waals surface area contributed by atoms with Crippen LogP contribution in [0.15, 0.2) is 47.4 Å². The van der Waals surface area contributed by atoms with Gasteiger partial charge in [0.2, 0.25) is 10.0 Å². The largest absolute Gasteiger partial charge is 0.496 e. The summed E-state index contributed by atoms with van der Waals surface area (Å²) in [6.07, 6.45) is 2.52. The van der Waals surface area contributed by atoms with Crippen LogP contribution in [0, 0.1) is 0 Å². The van der Waals surface area contributed by atoms with E-state index in [1.165, 1.54) is 18.4 Å². The van der Waals surface area contributed by atoms with Gasteiger partial charge in [0.05, 0.1) is 12.0 Å². The highest BCUT2D eigenvalue weighted by Gasteiger charge is 2.23. The van der Waals surface area contributed by atoms with E-state index in [0.717, 1.165) is 30.8 Å². The zero-order valence-corrected chi connectivity index (χ0v) is 18.7. The quantitative estimate of drug-likeness (QED) is 0.739. The predicted octanol–water partition coefficient (Wildman–Crippen LogP) is 4.07. The zero-order valence-electron chi connectivity index (χ0n) is 17.9. The number of benzene rings is 2. The van der Waals surface area contributed by atoms with Crippen molar-refractivity contribution in [3.05, 3.63) is 59.2 Å². The summed E-state index contributed by atoms with van der Waals surface area (Å²) in [7, 11) is -2.01. The van der Waals surface area contributed by atoms with E-state index in [1.807, 2.05) is 32.9 Å². The standard InChI is InChI=1S/C23H32N2O3S/c1-23(2,3)21-15-20(10-11-22(21)28-4)29(26,27)24-16-18-8-7-9-19(14-18)17-25-12-5-6-13-25/h7-11,14-15,24H,5-6,12-13,16-17H2,1-4H3. The number of hydrogen-bond donors (Lipinski definition) is 1. The third-order valence-corrected chi connectivity index (χ3v) is 6.75. The fraction of sp³-hybridized carbons (Fsp3) is 0.478. The normalized spacial score (nSPS) is 15.6. The summed E-state index contributed by atoms with van der Waals surface area (Å²) < 4.78 is 33.9. The molecule has 158 valence electrons. The fourth-order valence-corrected chi connectivity index (χ4v) is 4.78. The molecule has 0 aromatic heterocycles. The third kappa shape index (κ3) is 5.59. The Labute approximate surface area is 175 Å². The highest BCUT2D eigenvalue weighted by Crippen LogP contribution is 2.33. The summed E-state index contributed by atoms with van der Waals surface area (Å²) in [5.41, 5.74) is 2.84. The van der Waals surface area contributed by atoms with Gasteiger partial charge in [0.15, 0.2) is 0 Å². The lowest BCUT2D eigenvalue weighted by Crippen LogP contribution is -2.24. The molecule has 0 aliphatic carbocycles. The summed E-state index contributed by atoms with van der Waals surface area (Å²) in [6, 6.07) is 13.2. The van der Waals surface area contributed by atoms with Gasteiger partial charge in [-0.25, -0.2) is 13.1 Å². The van der Waals surface area contributed by atoms with Crippen LogP contribution < -0.4 is 9.46 Å². The molecule has 1 aliphatic rings. The monoisotopic (exact) mass is 416 g/mol. The van der Waals surface area contributed by atoms with Crippen molar-refractivity contribution in [3.63, 3.8) is 0 Å². The van der Waals surface area contributed by atoms with E-state index in [9.17, 15) is 8.42 Å². The van der Waals surface area contributed by atoms with E-state index >= 15 is 0 Å². The Bertz CT molecular complexity index is 943. The number of nitrogens with zero attached hydrogens (tertiary/aromatic N) is 1. The summed E-state index contributed by atoms with van der Waals surface area (Å²) in [6.45, 7) is 9.61. The van der Waals surface area contributed by atoms with Crippen LogP contribution in [-0.2, 0) is 28.5 Å². The van der Waals surface area contributed by atoms with Crippen LogP contribution in [0.5, 0.6) is 5.75 Å². The summed E-state index contributed by atoms with van der Waals surface area (Å²) >= 11 is 0. The molecule has 1 N–H and O–H groups in total. The average molecular weight is 417 g/mol. The molecule has 2 aromatic rings. The van der Waals surface area contributed by atoms with Gasteiger partial charge in [0, 0.05) is 18.7 Å². The molecule has 1 fully saturated rings. The van der Waals surface area contributed by atoms with Gasteiger partial charge in [-0.2, -0.15) is 0 Å². The second-order valence-electron chi connectivity index (χ2n) is 8.74. The van der Waals surface area contributed by atoms with E-state index in [0.29, 0.717) is 5.75 Å². The fourth-order valence-electron chi connectivity index (χ4n) is 3.74. The summed E-state index contributed by atoms with van der Waals surface area (Å²) in [5, 5.41) is 0. The highest BCUT2D eigenvalue weighted by atomic mass is 32.2. The number of likely N-dealkylation sites (tertiary alicyclic amines) is 1. The Morgan fingerprint density at radius 3 is 2.38 bits per heavy atom. The maximum atomic E-state index is 12.9. The SMILES string of the molecule is COc1ccc(S(=O)(=O)NCc2cccc(CN3CCCC3)c2)cc1C(C)(C)C. The van der Waals surface area contributed by atoms with Crippen molar-refractivity contribution in [2.75, 3.05) is 20.2 Å². The van der Waals surface area contributed by atoms with Crippen molar-refractivity contribution in [1.29, 1.82) is 0 Å². The molecule has 0 spiro atoms. The van der Waals surface area contributed by atoms with Gasteiger partial charge in [0.1, 0.15) is 5.75 Å². The van der Waals surface area contributed by atoms with Gasteiger partial charge in [-0.15, -0.1) is 0 Å². The van der Waals surface area contributed by atoms with Crippen molar-refractivity contribution in [1.82, 2.24) is 9.62 Å². The van der Waals surface area contributed by atoms with Crippen LogP contribution in [0.4, 0.5) is 0 Å². The van der Waals surface area contributed by atoms with Crippen LogP contribution >= 0.6 is 0 Å². The molecule has 0 unspecified atom stereocenters. The molecule has 0 atom stereocenters. The smallest absolute Gasteiger partial charge is 0.240 e. The topological polar surface area (TPSA) is 58.6 Å². The molecule has 0 amide bonds. The Morgan fingerprint density at radius 2 is 1.72 bits per heavy atom. The van der Waals surface area contributed by atoms with Crippen molar-refractivity contribution in [2.45, 2.75) is 57.0 Å². The first-order chi connectivity index (χ1) is 13.7. The number of nitrogens with one attached hydrogen (secondary N) is 1. The minimum absolute atomic E-state index is 0.221. The maximum Gasteiger partial charge on any atom is 0.240 e. The van der Waals surface area contributed by atoms with Crippen molar-refractivity contribution < 1.29 is 13.2 Å². The van der Waals surface area contributed by atoms with Crippen molar-refractivity contribution in [3.8, 4) is 5.75 Å². The van der Waals surface area contributed by atoms with Crippen molar-refractivity contribution in [2.24, 2.45) is 0 Å². The Balaban J connectivity index is 1.73. The molecule has 2 aromatic carbocycles. The van der Waals surface area contributed by atoms with Gasteiger partial charge in [-0.05, 0) is 60.7 Å². The maximum absolute atomic E-state index is 12.9. The highest BCUT2D eigenvalue weighted by molar-refractivity contribution is 7.89. The van der Waals surface area contributed by atoms with E-state index in [-0.39, 0.29) is 16.9 Å². The molecule has 1 heterocycles. The molecule has 0 radical (unpaired) electrons. The van der Waals surface area contributed by atoms with Crippen LogP contribution in [-0.4, -0.2) is 33.5 Å². The Kier molecular flexibility index (Phi) is 6.66. The van der Waals surface area contributed by atoms with E-state index in [2.05, 4.69) is 21.8 Å². The number of hydrogen-bond acceptors (Lipinski definition) is 4. The van der Waals surface area contributed by atoms with Gasteiger partial charge in [-0.1, -0.05) is 45.0 Å². The Morgan fingerprint density at radius 1 is 1.03 bits per heavy atom. The second-order valence-corrected chi connectivity index (χ2v) is 10.5. The lowest BCUT2D eigenvalue weighted by atomic mass is 9.86. The van der Waals surface area contributed by atoms with E-state index in [1.54, 1.807) is 25.3 Å². The van der Waals surface area contributed by atoms with Crippen LogP contribution in [0.2, 0.25) is 0 Å². The van der Waals surface area contributed by atoms with Gasteiger partial charge in [-0.3, -0.25) is 4.90 Å². The number of rotatable bonds is 7. The number of methoxy groups -OCH3 is 1. The Hall–Kier alpha value is -1.89. The molecule has 6 heteroatoms. The molecule has 1 aliphatic heterocycles. The predicted molar refractivity (Wildman–Crippen MR) is 117 cm³/mol. The van der Waals surface area contributed by atoms with Crippen molar-refractivity contribution >= 4 is 10.0 Å². The van der Waals surface area contributed by atoms with Gasteiger partial charge in [0.25, 0.3) is 0 Å². The molecule has 0 bridgehead atoms. The van der Waals surface area contributed by atoms with Crippen LogP contribution in [0.1, 0.15) is 50.3 Å².